The molecule has 1 atom stereocenters. The Morgan fingerprint density at radius 3 is 2.47 bits per heavy atom. The van der Waals surface area contributed by atoms with Crippen LogP contribution in [0, 0.1) is 0 Å². The maximum Gasteiger partial charge on any atom is 0.0180 e. The average molecular weight is 270 g/mol. The van der Waals surface area contributed by atoms with E-state index in [4.69, 9.17) is 11.6 Å². The molecule has 0 amide bonds. The van der Waals surface area contributed by atoms with Gasteiger partial charge in [0.25, 0.3) is 0 Å². The second kappa shape index (κ2) is 8.14. The molecule has 0 aromatic heterocycles. The second-order valence-corrected chi connectivity index (χ2v) is 5.86. The molecule has 6 heteroatoms. The molecular weight excluding hydrogens is 240 g/mol. The van der Waals surface area contributed by atoms with E-state index in [-0.39, 0.29) is 0 Å². The van der Waals surface area contributed by atoms with Crippen molar-refractivity contribution in [3.63, 3.8) is 0 Å². The Bertz CT molecular complexity index is 241. The highest BCUT2D eigenvalue weighted by Crippen LogP contribution is 2.06. The van der Waals surface area contributed by atoms with E-state index in [0.29, 0.717) is 12.1 Å². The van der Waals surface area contributed by atoms with E-state index in [1.54, 1.807) is 0 Å². The predicted molar refractivity (Wildman–Crippen MR) is 78.7 cm³/mol. The summed E-state index contributed by atoms with van der Waals surface area (Å²) >= 11 is 0. The fourth-order valence-electron chi connectivity index (χ4n) is 2.90. The van der Waals surface area contributed by atoms with E-state index in [1.165, 1.54) is 19.4 Å². The molecule has 0 saturated carbocycles. The lowest BCUT2D eigenvalue weighted by Crippen LogP contribution is -2.46. The molecule has 2 aliphatic heterocycles. The summed E-state index contributed by atoms with van der Waals surface area (Å²) in [6.45, 7) is 8.55. The number of nitrogens with two attached hydrogens (primary N) is 2. The molecule has 0 aliphatic carbocycles. The minimum absolute atomic E-state index is 0.398. The van der Waals surface area contributed by atoms with Crippen LogP contribution in [0.15, 0.2) is 0 Å². The Hall–Kier alpha value is -0.240. The van der Waals surface area contributed by atoms with Gasteiger partial charge in [0.1, 0.15) is 0 Å². The predicted octanol–water partition coefficient (Wildman–Crippen LogP) is -1.46. The standard InChI is InChI=1S/C13H30N6/c14-12-1-7-18(11-12)10-6-16-4-5-17-13-2-8-19(15)9-3-13/h12-13,16-17H,1-11,14-15H2. The van der Waals surface area contributed by atoms with Crippen molar-refractivity contribution >= 4 is 0 Å². The number of hydrogen-bond acceptors (Lipinski definition) is 6. The average Bonchev–Trinajstić information content (AvgIpc) is 2.81. The van der Waals surface area contributed by atoms with E-state index in [0.717, 1.165) is 52.2 Å². The van der Waals surface area contributed by atoms with Crippen LogP contribution in [0.3, 0.4) is 0 Å². The van der Waals surface area contributed by atoms with E-state index in [9.17, 15) is 0 Å². The fourth-order valence-corrected chi connectivity index (χ4v) is 2.90. The van der Waals surface area contributed by atoms with Crippen molar-refractivity contribution in [2.24, 2.45) is 11.6 Å². The summed E-state index contributed by atoms with van der Waals surface area (Å²) in [6, 6.07) is 1.05. The van der Waals surface area contributed by atoms with Crippen LogP contribution in [0.2, 0.25) is 0 Å². The summed E-state index contributed by atoms with van der Waals surface area (Å²) in [7, 11) is 0. The first-order chi connectivity index (χ1) is 9.24. The molecule has 0 radical (unpaired) electrons. The fraction of sp³-hybridized carbons (Fsp3) is 1.00. The van der Waals surface area contributed by atoms with Gasteiger partial charge in [-0.1, -0.05) is 0 Å². The van der Waals surface area contributed by atoms with Gasteiger partial charge in [-0.05, 0) is 25.8 Å². The van der Waals surface area contributed by atoms with Crippen molar-refractivity contribution in [2.45, 2.75) is 31.3 Å². The van der Waals surface area contributed by atoms with Crippen molar-refractivity contribution in [3.05, 3.63) is 0 Å². The van der Waals surface area contributed by atoms with Crippen molar-refractivity contribution in [2.75, 3.05) is 52.4 Å². The van der Waals surface area contributed by atoms with Crippen molar-refractivity contribution in [1.29, 1.82) is 0 Å². The minimum atomic E-state index is 0.398. The van der Waals surface area contributed by atoms with Gasteiger partial charge in [0.2, 0.25) is 0 Å². The molecule has 0 spiro atoms. The summed E-state index contributed by atoms with van der Waals surface area (Å²) in [4.78, 5) is 2.45. The molecule has 2 saturated heterocycles. The number of hydrazine groups is 1. The first-order valence-corrected chi connectivity index (χ1v) is 7.65. The number of likely N-dealkylation sites (tertiary alicyclic amines) is 1. The Labute approximate surface area is 116 Å². The first kappa shape index (κ1) is 15.2. The molecule has 19 heavy (non-hydrogen) atoms. The third kappa shape index (κ3) is 5.72. The third-order valence-corrected chi connectivity index (χ3v) is 4.18. The molecule has 2 fully saturated rings. The summed E-state index contributed by atoms with van der Waals surface area (Å²) in [5.74, 6) is 5.74. The van der Waals surface area contributed by atoms with Crippen LogP contribution in [0.4, 0.5) is 0 Å². The first-order valence-electron chi connectivity index (χ1n) is 7.65. The second-order valence-electron chi connectivity index (χ2n) is 5.86. The van der Waals surface area contributed by atoms with Crippen LogP contribution >= 0.6 is 0 Å². The number of rotatable bonds is 7. The van der Waals surface area contributed by atoms with Crippen molar-refractivity contribution < 1.29 is 0 Å². The summed E-state index contributed by atoms with van der Waals surface area (Å²) < 4.78 is 0. The molecule has 6 N–H and O–H groups in total. The van der Waals surface area contributed by atoms with Crippen LogP contribution in [0.1, 0.15) is 19.3 Å². The summed E-state index contributed by atoms with van der Waals surface area (Å²) in [5, 5.41) is 9.01. The molecular formula is C13H30N6. The van der Waals surface area contributed by atoms with E-state index < -0.39 is 0 Å². The Morgan fingerprint density at radius 1 is 1.00 bits per heavy atom. The highest BCUT2D eigenvalue weighted by Gasteiger charge is 2.18. The lowest BCUT2D eigenvalue weighted by Gasteiger charge is -2.29. The number of nitrogens with zero attached hydrogens (tertiary/aromatic N) is 2. The Kier molecular flexibility index (Phi) is 6.49. The van der Waals surface area contributed by atoms with Gasteiger partial charge in [0.05, 0.1) is 0 Å². The number of hydrogen-bond donors (Lipinski definition) is 4. The van der Waals surface area contributed by atoms with Crippen molar-refractivity contribution in [1.82, 2.24) is 20.5 Å². The third-order valence-electron chi connectivity index (χ3n) is 4.18. The highest BCUT2D eigenvalue weighted by molar-refractivity contribution is 4.78. The SMILES string of the molecule is NC1CCN(CCNCCNC2CCN(N)CC2)C1. The van der Waals surface area contributed by atoms with Gasteiger partial charge in [0.15, 0.2) is 0 Å². The molecule has 2 heterocycles. The quantitative estimate of drug-likeness (QED) is 0.334. The lowest BCUT2D eigenvalue weighted by molar-refractivity contribution is 0.202. The Morgan fingerprint density at radius 2 is 1.79 bits per heavy atom. The van der Waals surface area contributed by atoms with Gasteiger partial charge in [-0.25, -0.2) is 5.01 Å². The van der Waals surface area contributed by atoms with Crippen LogP contribution in [-0.2, 0) is 0 Å². The van der Waals surface area contributed by atoms with E-state index in [2.05, 4.69) is 15.5 Å². The van der Waals surface area contributed by atoms with Crippen LogP contribution in [0.5, 0.6) is 0 Å². The zero-order valence-corrected chi connectivity index (χ0v) is 12.0. The largest absolute Gasteiger partial charge is 0.326 e. The molecule has 0 aromatic rings. The van der Waals surface area contributed by atoms with Crippen LogP contribution in [-0.4, -0.2) is 74.4 Å². The molecule has 0 bridgehead atoms. The molecule has 0 aromatic carbocycles. The van der Waals surface area contributed by atoms with Gasteiger partial charge >= 0.3 is 0 Å². The lowest BCUT2D eigenvalue weighted by atomic mass is 10.1. The van der Waals surface area contributed by atoms with Gasteiger partial charge in [0, 0.05) is 57.9 Å². The van der Waals surface area contributed by atoms with Gasteiger partial charge in [-0.2, -0.15) is 0 Å². The van der Waals surface area contributed by atoms with Gasteiger partial charge in [-0.3, -0.25) is 5.84 Å². The normalized spacial score (nSPS) is 27.2. The summed E-state index contributed by atoms with van der Waals surface area (Å²) in [5.41, 5.74) is 5.89. The number of nitrogens with one attached hydrogen (secondary N) is 2. The molecule has 6 nitrogen and oxygen atoms in total. The zero-order valence-electron chi connectivity index (χ0n) is 12.0. The Balaban J connectivity index is 1.40. The molecule has 1 unspecified atom stereocenters. The van der Waals surface area contributed by atoms with Gasteiger partial charge < -0.3 is 21.3 Å². The maximum atomic E-state index is 5.89. The molecule has 2 aliphatic rings. The minimum Gasteiger partial charge on any atom is -0.326 e. The summed E-state index contributed by atoms with van der Waals surface area (Å²) in [6.07, 6.45) is 3.49. The van der Waals surface area contributed by atoms with Crippen LogP contribution < -0.4 is 22.2 Å². The van der Waals surface area contributed by atoms with Crippen molar-refractivity contribution in [3.8, 4) is 0 Å². The molecule has 2 rings (SSSR count). The smallest absolute Gasteiger partial charge is 0.0180 e. The van der Waals surface area contributed by atoms with Gasteiger partial charge in [-0.15, -0.1) is 0 Å². The van der Waals surface area contributed by atoms with E-state index >= 15 is 0 Å². The van der Waals surface area contributed by atoms with E-state index in [1.807, 2.05) is 5.01 Å². The monoisotopic (exact) mass is 270 g/mol. The van der Waals surface area contributed by atoms with Crippen LogP contribution in [0.25, 0.3) is 0 Å². The highest BCUT2D eigenvalue weighted by atomic mass is 15.4. The zero-order chi connectivity index (χ0) is 13.5. The molecule has 112 valence electrons. The topological polar surface area (TPSA) is 82.6 Å². The number of piperidine rings is 1. The maximum absolute atomic E-state index is 5.89.